The number of hydrogen-bond acceptors (Lipinski definition) is 3. The summed E-state index contributed by atoms with van der Waals surface area (Å²) in [7, 11) is 0. The van der Waals surface area contributed by atoms with Gasteiger partial charge in [-0.15, -0.1) is 0 Å². The molecule has 0 bridgehead atoms. The summed E-state index contributed by atoms with van der Waals surface area (Å²) < 4.78 is 5.58. The highest BCUT2D eigenvalue weighted by Gasteiger charge is 2.19. The lowest BCUT2D eigenvalue weighted by molar-refractivity contribution is -0.125. The molecule has 1 amide bonds. The molecule has 1 fully saturated rings. The van der Waals surface area contributed by atoms with Gasteiger partial charge in [-0.05, 0) is 33.7 Å². The van der Waals surface area contributed by atoms with Gasteiger partial charge in [0.2, 0.25) is 6.41 Å². The summed E-state index contributed by atoms with van der Waals surface area (Å²) in [4.78, 5) is 12.4. The van der Waals surface area contributed by atoms with Crippen LogP contribution in [0.25, 0.3) is 0 Å². The summed E-state index contributed by atoms with van der Waals surface area (Å²) in [5.74, 6) is 0. The minimum Gasteiger partial charge on any atom is -0.374 e. The van der Waals surface area contributed by atoms with Crippen LogP contribution in [0.15, 0.2) is 0 Å². The Morgan fingerprint density at radius 3 is 2.87 bits per heavy atom. The number of amides is 1. The molecule has 0 aromatic carbocycles. The van der Waals surface area contributed by atoms with Crippen LogP contribution in [0.4, 0.5) is 0 Å². The summed E-state index contributed by atoms with van der Waals surface area (Å²) in [5, 5.41) is 3.42. The highest BCUT2D eigenvalue weighted by molar-refractivity contribution is 5.47. The molecule has 4 heteroatoms. The largest absolute Gasteiger partial charge is 0.374 e. The van der Waals surface area contributed by atoms with Crippen molar-refractivity contribution in [3.8, 4) is 0 Å². The van der Waals surface area contributed by atoms with Gasteiger partial charge in [0.25, 0.3) is 0 Å². The van der Waals surface area contributed by atoms with Gasteiger partial charge in [0.15, 0.2) is 0 Å². The highest BCUT2D eigenvalue weighted by Crippen LogP contribution is 2.07. The van der Waals surface area contributed by atoms with Crippen LogP contribution in [0.3, 0.4) is 0 Å². The molecule has 1 N–H and O–H groups in total. The van der Waals surface area contributed by atoms with Crippen molar-refractivity contribution >= 4 is 6.41 Å². The lowest BCUT2D eigenvalue weighted by Crippen LogP contribution is -2.44. The average molecular weight is 214 g/mol. The van der Waals surface area contributed by atoms with Gasteiger partial charge in [0, 0.05) is 18.6 Å². The molecule has 15 heavy (non-hydrogen) atoms. The van der Waals surface area contributed by atoms with E-state index in [2.05, 4.69) is 26.1 Å². The van der Waals surface area contributed by atoms with Crippen LogP contribution in [0.2, 0.25) is 0 Å². The molecule has 0 aliphatic carbocycles. The lowest BCUT2D eigenvalue weighted by Gasteiger charge is -2.31. The Bertz CT molecular complexity index is 201. The zero-order valence-electron chi connectivity index (χ0n) is 9.95. The van der Waals surface area contributed by atoms with E-state index >= 15 is 0 Å². The van der Waals surface area contributed by atoms with Gasteiger partial charge in [0.1, 0.15) is 0 Å². The van der Waals surface area contributed by atoms with Crippen LogP contribution in [0.1, 0.15) is 27.2 Å². The van der Waals surface area contributed by atoms with Gasteiger partial charge in [0.05, 0.1) is 12.7 Å². The number of carbonyl (C=O) groups is 1. The summed E-state index contributed by atoms with van der Waals surface area (Å²) in [6.07, 6.45) is 2.06. The third-order valence-corrected chi connectivity index (χ3v) is 2.44. The topological polar surface area (TPSA) is 41.6 Å². The Labute approximate surface area is 92.0 Å². The number of nitrogens with zero attached hydrogens (tertiary/aromatic N) is 1. The summed E-state index contributed by atoms with van der Waals surface area (Å²) >= 11 is 0. The van der Waals surface area contributed by atoms with E-state index in [1.165, 1.54) is 0 Å². The van der Waals surface area contributed by atoms with Crippen molar-refractivity contribution in [3.05, 3.63) is 0 Å². The predicted molar refractivity (Wildman–Crippen MR) is 59.7 cm³/mol. The van der Waals surface area contributed by atoms with Crippen LogP contribution >= 0.6 is 0 Å². The number of hydrogen-bond donors (Lipinski definition) is 1. The fraction of sp³-hybridized carbons (Fsp3) is 0.909. The number of nitrogens with one attached hydrogen (secondary N) is 1. The maximum absolute atomic E-state index is 10.6. The maximum atomic E-state index is 10.6. The minimum absolute atomic E-state index is 0.152. The fourth-order valence-electron chi connectivity index (χ4n) is 1.62. The Balaban J connectivity index is 2.18. The highest BCUT2D eigenvalue weighted by atomic mass is 16.5. The first-order valence-electron chi connectivity index (χ1n) is 5.57. The SMILES string of the molecule is CC(C)(C)NCCC1CN(C=O)CCO1. The van der Waals surface area contributed by atoms with Crippen LogP contribution in [0.5, 0.6) is 0 Å². The number of carbonyl (C=O) groups excluding carboxylic acids is 1. The van der Waals surface area contributed by atoms with Crippen LogP contribution in [0, 0.1) is 0 Å². The molecule has 1 aliphatic heterocycles. The second kappa shape index (κ2) is 5.47. The third-order valence-electron chi connectivity index (χ3n) is 2.44. The zero-order valence-corrected chi connectivity index (χ0v) is 9.95. The van der Waals surface area contributed by atoms with E-state index in [0.29, 0.717) is 6.61 Å². The first-order valence-corrected chi connectivity index (χ1v) is 5.57. The number of ether oxygens (including phenoxy) is 1. The zero-order chi connectivity index (χ0) is 11.3. The minimum atomic E-state index is 0.152. The van der Waals surface area contributed by atoms with Crippen LogP contribution < -0.4 is 5.32 Å². The Morgan fingerprint density at radius 1 is 1.53 bits per heavy atom. The van der Waals surface area contributed by atoms with Crippen LogP contribution in [-0.4, -0.2) is 49.2 Å². The molecule has 0 aromatic heterocycles. The van der Waals surface area contributed by atoms with E-state index in [-0.39, 0.29) is 11.6 Å². The van der Waals surface area contributed by atoms with Gasteiger partial charge in [-0.3, -0.25) is 4.79 Å². The molecule has 88 valence electrons. The molecule has 0 aromatic rings. The monoisotopic (exact) mass is 214 g/mol. The molecule has 1 rings (SSSR count). The second-order valence-electron chi connectivity index (χ2n) is 5.06. The summed E-state index contributed by atoms with van der Waals surface area (Å²) in [6.45, 7) is 9.49. The lowest BCUT2D eigenvalue weighted by atomic mass is 10.1. The molecule has 4 nitrogen and oxygen atoms in total. The maximum Gasteiger partial charge on any atom is 0.209 e. The first kappa shape index (κ1) is 12.5. The van der Waals surface area contributed by atoms with Crippen molar-refractivity contribution in [1.82, 2.24) is 10.2 Å². The Kier molecular flexibility index (Phi) is 4.54. The quantitative estimate of drug-likeness (QED) is 0.698. The summed E-state index contributed by atoms with van der Waals surface area (Å²) in [5.41, 5.74) is 0.152. The molecule has 0 spiro atoms. The van der Waals surface area contributed by atoms with E-state index in [9.17, 15) is 4.79 Å². The molecule has 1 heterocycles. The van der Waals surface area contributed by atoms with Crippen molar-refractivity contribution in [2.75, 3.05) is 26.2 Å². The molecular weight excluding hydrogens is 192 g/mol. The van der Waals surface area contributed by atoms with Crippen molar-refractivity contribution in [3.63, 3.8) is 0 Å². The standard InChI is InChI=1S/C11H22N2O2/c1-11(2,3)12-5-4-10-8-13(9-14)6-7-15-10/h9-10,12H,4-8H2,1-3H3. The number of morpholine rings is 1. The predicted octanol–water partition coefficient (Wildman–Crippen LogP) is 0.622. The van der Waals surface area contributed by atoms with E-state index in [1.807, 2.05) is 0 Å². The summed E-state index contributed by atoms with van der Waals surface area (Å²) in [6, 6.07) is 0. The average Bonchev–Trinajstić information content (AvgIpc) is 2.16. The van der Waals surface area contributed by atoms with Crippen molar-refractivity contribution in [1.29, 1.82) is 0 Å². The number of rotatable bonds is 4. The van der Waals surface area contributed by atoms with Crippen molar-refractivity contribution in [2.45, 2.75) is 38.8 Å². The molecule has 0 saturated carbocycles. The molecular formula is C11H22N2O2. The van der Waals surface area contributed by atoms with Gasteiger partial charge in [-0.25, -0.2) is 0 Å². The van der Waals surface area contributed by atoms with Gasteiger partial charge in [-0.2, -0.15) is 0 Å². The molecule has 1 saturated heterocycles. The smallest absolute Gasteiger partial charge is 0.209 e. The molecule has 1 aliphatic rings. The second-order valence-corrected chi connectivity index (χ2v) is 5.06. The van der Waals surface area contributed by atoms with Gasteiger partial charge >= 0.3 is 0 Å². The molecule has 1 atom stereocenters. The van der Waals surface area contributed by atoms with Gasteiger partial charge in [-0.1, -0.05) is 0 Å². The van der Waals surface area contributed by atoms with E-state index in [1.54, 1.807) is 4.90 Å². The Morgan fingerprint density at radius 2 is 2.27 bits per heavy atom. The third kappa shape index (κ3) is 5.14. The fourth-order valence-corrected chi connectivity index (χ4v) is 1.62. The van der Waals surface area contributed by atoms with Crippen molar-refractivity contribution < 1.29 is 9.53 Å². The van der Waals surface area contributed by atoms with E-state index in [4.69, 9.17) is 4.74 Å². The van der Waals surface area contributed by atoms with Crippen LogP contribution in [-0.2, 0) is 9.53 Å². The normalized spacial score (nSPS) is 22.9. The van der Waals surface area contributed by atoms with Gasteiger partial charge < -0.3 is 15.0 Å². The molecule has 0 radical (unpaired) electrons. The van der Waals surface area contributed by atoms with E-state index in [0.717, 1.165) is 32.5 Å². The van der Waals surface area contributed by atoms with Crippen molar-refractivity contribution in [2.24, 2.45) is 0 Å². The first-order chi connectivity index (χ1) is 7.01. The molecule has 1 unspecified atom stereocenters. The Hall–Kier alpha value is -0.610. The van der Waals surface area contributed by atoms with E-state index < -0.39 is 0 Å².